The molecule has 7 rings (SSSR count). The average Bonchev–Trinajstić information content (AvgIpc) is 3.73. The molecule has 25 heteroatoms. The summed E-state index contributed by atoms with van der Waals surface area (Å²) in [5.41, 5.74) is 4.16. The molecular formula is C20H22FN9O10P2S3. The van der Waals surface area contributed by atoms with E-state index in [0.29, 0.717) is 0 Å². The van der Waals surface area contributed by atoms with Crippen LogP contribution in [-0.4, -0.2) is 98.5 Å². The Bertz CT molecular complexity index is 2030. The molecule has 6 N–H and O–H groups in total. The molecule has 2 unspecified atom stereocenters. The van der Waals surface area contributed by atoms with Gasteiger partial charge in [-0.2, -0.15) is 4.98 Å². The molecule has 242 valence electrons. The Morgan fingerprint density at radius 2 is 1.91 bits per heavy atom. The minimum Gasteiger partial charge on any atom is -0.389 e. The summed E-state index contributed by atoms with van der Waals surface area (Å²) in [6, 6.07) is 0. The van der Waals surface area contributed by atoms with Gasteiger partial charge in [-0.25, -0.2) is 23.9 Å². The smallest absolute Gasteiger partial charge is 0.386 e. The number of thiol groups is 1. The number of aromatic nitrogens is 8. The number of ether oxygens (including phenoxy) is 1. The van der Waals surface area contributed by atoms with E-state index in [1.807, 2.05) is 0 Å². The minimum atomic E-state index is -4.36. The largest absolute Gasteiger partial charge is 0.389 e. The number of imidazole rings is 2. The summed E-state index contributed by atoms with van der Waals surface area (Å²) in [7, 11) is 0. The van der Waals surface area contributed by atoms with Gasteiger partial charge in [-0.3, -0.25) is 37.3 Å². The second-order valence-electron chi connectivity index (χ2n) is 10.1. The molecule has 0 aliphatic carbocycles. The maximum atomic E-state index is 16.9. The van der Waals surface area contributed by atoms with E-state index < -0.39 is 85.3 Å². The highest BCUT2D eigenvalue weighted by atomic mass is 32.7. The van der Waals surface area contributed by atoms with Crippen LogP contribution in [0.25, 0.3) is 22.3 Å². The molecule has 0 aromatic carbocycles. The number of aliphatic hydroxyl groups excluding tert-OH is 1. The van der Waals surface area contributed by atoms with E-state index in [1.54, 1.807) is 0 Å². The van der Waals surface area contributed by atoms with Gasteiger partial charge in [0.25, 0.3) is 11.1 Å². The van der Waals surface area contributed by atoms with Crippen LogP contribution in [0.4, 0.5) is 10.3 Å². The Kier molecular flexibility index (Phi) is 7.78. The van der Waals surface area contributed by atoms with Crippen molar-refractivity contribution in [2.75, 3.05) is 25.6 Å². The standard InChI is InChI=1S/C20H22FN9O10P2S3/c21-20(30-6-26-9-14(30)23-4-24-16(9)32)3-36-7-1-37-41(34,43)39-12-11(31)8(2-38-42(35,44)40-13(7)20)45-18(12)29-5-25-10-15(29)27-19(22)28-17(10)33/h4-8,11-13,18,31H,1-3H2,(H,34,43)(H,35,44)(H,23,24,32)(H3,22,27,28,33)/t7-,8-,11-,12-,13-,18-,20-,41?,42?/m1/s1. The SMILES string of the molecule is Nc1nc2c(ncn2[C@@H]2S[C@@H]3COP(O)(=S)O[C@@H]4[C@@H](COP(=O)(S)O[C@@H]2[C@@H]3O)OC[C@@]4(F)n2cnc3c(=O)[nH]cnc32)c(=O)[nH]1. The van der Waals surface area contributed by atoms with Crippen LogP contribution in [0.3, 0.4) is 0 Å². The van der Waals surface area contributed by atoms with Crippen molar-refractivity contribution >= 4 is 77.6 Å². The van der Waals surface area contributed by atoms with Crippen LogP contribution in [0.1, 0.15) is 5.37 Å². The lowest BCUT2D eigenvalue weighted by Gasteiger charge is -2.32. The number of hydrogen-bond donors (Lipinski definition) is 6. The van der Waals surface area contributed by atoms with E-state index in [9.17, 15) is 24.2 Å². The molecule has 4 aromatic heterocycles. The van der Waals surface area contributed by atoms with Gasteiger partial charge in [0, 0.05) is 0 Å². The van der Waals surface area contributed by atoms with Gasteiger partial charge < -0.3 is 30.0 Å². The topological polar surface area (TPSA) is 257 Å². The van der Waals surface area contributed by atoms with Crippen LogP contribution in [0, 0.1) is 0 Å². The van der Waals surface area contributed by atoms with Gasteiger partial charge in [-0.15, -0.1) is 11.8 Å². The molecule has 0 radical (unpaired) electrons. The van der Waals surface area contributed by atoms with Crippen LogP contribution in [-0.2, 0) is 45.0 Å². The second kappa shape index (κ2) is 11.2. The molecule has 0 saturated carbocycles. The van der Waals surface area contributed by atoms with E-state index in [4.69, 9.17) is 40.4 Å². The zero-order valence-electron chi connectivity index (χ0n) is 22.3. The van der Waals surface area contributed by atoms with Crippen molar-refractivity contribution in [1.82, 2.24) is 39.0 Å². The maximum Gasteiger partial charge on any atom is 0.386 e. The average molecular weight is 726 g/mol. The van der Waals surface area contributed by atoms with E-state index in [0.717, 1.165) is 29.0 Å². The Labute approximate surface area is 263 Å². The summed E-state index contributed by atoms with van der Waals surface area (Å²) < 4.78 is 60.8. The fourth-order valence-corrected chi connectivity index (χ4v) is 9.89. The van der Waals surface area contributed by atoms with Gasteiger partial charge in [0.15, 0.2) is 28.4 Å². The number of alkyl halides is 1. The number of nitrogens with one attached hydrogen (secondary N) is 2. The number of anilines is 1. The highest BCUT2D eigenvalue weighted by Gasteiger charge is 2.57. The molecule has 3 fully saturated rings. The number of halogens is 1. The molecule has 0 amide bonds. The number of nitrogen functional groups attached to an aromatic ring is 1. The van der Waals surface area contributed by atoms with E-state index in [-0.39, 0.29) is 28.3 Å². The highest BCUT2D eigenvalue weighted by molar-refractivity contribution is 8.44. The first kappa shape index (κ1) is 31.3. The maximum absolute atomic E-state index is 16.9. The fraction of sp³-hybridized carbons (Fsp3) is 0.500. The lowest BCUT2D eigenvalue weighted by atomic mass is 10.1. The Hall–Kier alpha value is -2.27. The zero-order valence-corrected chi connectivity index (χ0v) is 26.6. The van der Waals surface area contributed by atoms with Crippen molar-refractivity contribution in [2.45, 2.75) is 40.8 Å². The second-order valence-corrected chi connectivity index (χ2v) is 17.2. The Morgan fingerprint density at radius 3 is 2.71 bits per heavy atom. The number of nitrogens with zero attached hydrogens (tertiary/aromatic N) is 6. The lowest BCUT2D eigenvalue weighted by molar-refractivity contribution is -0.0377. The van der Waals surface area contributed by atoms with Crippen LogP contribution in [0.2, 0.25) is 0 Å². The highest BCUT2D eigenvalue weighted by Crippen LogP contribution is 2.60. The van der Waals surface area contributed by atoms with Crippen LogP contribution >= 0.6 is 37.5 Å². The third-order valence-corrected chi connectivity index (χ3v) is 12.1. The first-order valence-corrected chi connectivity index (χ1v) is 19.1. The lowest BCUT2D eigenvalue weighted by Crippen LogP contribution is -2.45. The first-order chi connectivity index (χ1) is 21.3. The van der Waals surface area contributed by atoms with E-state index in [2.05, 4.69) is 42.2 Å². The van der Waals surface area contributed by atoms with Crippen molar-refractivity contribution in [2.24, 2.45) is 0 Å². The molecule has 4 aromatic rings. The number of H-pyrrole nitrogens is 2. The molecule has 9 atom stereocenters. The molecular weight excluding hydrogens is 703 g/mol. The van der Waals surface area contributed by atoms with Gasteiger partial charge in [-0.1, -0.05) is 12.2 Å². The zero-order chi connectivity index (χ0) is 31.9. The summed E-state index contributed by atoms with van der Waals surface area (Å²) in [6.45, 7) is -10.5. The quantitative estimate of drug-likeness (QED) is 0.117. The third-order valence-electron chi connectivity index (χ3n) is 7.36. The monoisotopic (exact) mass is 725 g/mol. The van der Waals surface area contributed by atoms with E-state index in [1.165, 1.54) is 10.9 Å². The summed E-state index contributed by atoms with van der Waals surface area (Å²) in [5.74, 6) is -2.85. The van der Waals surface area contributed by atoms with Crippen molar-refractivity contribution in [3.63, 3.8) is 0 Å². The molecule has 3 saturated heterocycles. The van der Waals surface area contributed by atoms with Crippen LogP contribution < -0.4 is 16.9 Å². The molecule has 0 spiro atoms. The summed E-state index contributed by atoms with van der Waals surface area (Å²) in [4.78, 5) is 56.4. The Balaban J connectivity index is 1.23. The van der Waals surface area contributed by atoms with Gasteiger partial charge in [-0.05, 0) is 11.8 Å². The number of thioether (sulfide) groups is 1. The molecule has 19 nitrogen and oxygen atoms in total. The molecule has 3 aliphatic heterocycles. The van der Waals surface area contributed by atoms with Crippen LogP contribution in [0.15, 0.2) is 28.6 Å². The first-order valence-electron chi connectivity index (χ1n) is 12.9. The number of aromatic amines is 2. The number of aliphatic hydroxyl groups is 1. The van der Waals surface area contributed by atoms with Gasteiger partial charge >= 0.3 is 13.5 Å². The van der Waals surface area contributed by atoms with Crippen molar-refractivity contribution < 1.29 is 41.8 Å². The number of fused-ring (bicyclic) bond motifs is 5. The minimum absolute atomic E-state index is 0.0488. The van der Waals surface area contributed by atoms with Gasteiger partial charge in [0.05, 0.1) is 37.2 Å². The molecule has 3 aliphatic rings. The van der Waals surface area contributed by atoms with Crippen molar-refractivity contribution in [3.05, 3.63) is 39.7 Å². The summed E-state index contributed by atoms with van der Waals surface area (Å²) >= 11 is 10.3. The van der Waals surface area contributed by atoms with Crippen LogP contribution in [0.5, 0.6) is 0 Å². The number of nitrogens with two attached hydrogens (primary N) is 1. The summed E-state index contributed by atoms with van der Waals surface area (Å²) in [5, 5.41) is 9.40. The molecule has 45 heavy (non-hydrogen) atoms. The van der Waals surface area contributed by atoms with Gasteiger partial charge in [0.1, 0.15) is 30.5 Å². The fourth-order valence-electron chi connectivity index (χ4n) is 5.30. The van der Waals surface area contributed by atoms with Crippen molar-refractivity contribution in [3.8, 4) is 0 Å². The Morgan fingerprint density at radius 1 is 1.16 bits per heavy atom. The predicted octanol–water partition coefficient (Wildman–Crippen LogP) is -0.0971. The summed E-state index contributed by atoms with van der Waals surface area (Å²) in [6.07, 6.45) is -2.55. The van der Waals surface area contributed by atoms with Crippen molar-refractivity contribution in [1.29, 1.82) is 0 Å². The van der Waals surface area contributed by atoms with Gasteiger partial charge in [0.2, 0.25) is 11.7 Å². The normalized spacial score (nSPS) is 37.7. The number of rotatable bonds is 2. The third kappa shape index (κ3) is 5.47. The molecule has 2 bridgehead atoms. The predicted molar refractivity (Wildman–Crippen MR) is 161 cm³/mol. The number of hydrogen-bond acceptors (Lipinski definition) is 16. The molecule has 7 heterocycles. The van der Waals surface area contributed by atoms with E-state index >= 15 is 4.39 Å².